The van der Waals surface area contributed by atoms with Crippen molar-refractivity contribution in [3.05, 3.63) is 54.5 Å². The van der Waals surface area contributed by atoms with Crippen LogP contribution in [0.25, 0.3) is 10.9 Å². The smallest absolute Gasteiger partial charge is 0.143 e. The lowest BCUT2D eigenvalue weighted by molar-refractivity contribution is 0.592. The number of benzene rings is 1. The van der Waals surface area contributed by atoms with Crippen LogP contribution in [-0.2, 0) is 6.54 Å². The van der Waals surface area contributed by atoms with Crippen molar-refractivity contribution in [2.24, 2.45) is 0 Å². The highest BCUT2D eigenvalue weighted by molar-refractivity contribution is 5.91. The van der Waals surface area contributed by atoms with Gasteiger partial charge in [0.25, 0.3) is 0 Å². The van der Waals surface area contributed by atoms with Gasteiger partial charge in [-0.15, -0.1) is 0 Å². The molecule has 5 heteroatoms. The fourth-order valence-corrected chi connectivity index (χ4v) is 2.28. The van der Waals surface area contributed by atoms with Crippen molar-refractivity contribution in [3.63, 3.8) is 0 Å². The molecule has 0 saturated heterocycles. The molecule has 1 aromatic carbocycles. The van der Waals surface area contributed by atoms with E-state index in [0.29, 0.717) is 5.69 Å². The Morgan fingerprint density at radius 2 is 2.14 bits per heavy atom. The first-order valence-corrected chi connectivity index (χ1v) is 6.88. The van der Waals surface area contributed by atoms with Crippen molar-refractivity contribution < 1.29 is 0 Å². The number of nitrogens with zero attached hydrogens (tertiary/aromatic N) is 4. The minimum atomic E-state index is 0.434. The van der Waals surface area contributed by atoms with Gasteiger partial charge in [-0.3, -0.25) is 4.68 Å². The van der Waals surface area contributed by atoms with Crippen molar-refractivity contribution in [2.45, 2.75) is 13.0 Å². The highest BCUT2D eigenvalue weighted by Gasteiger charge is 2.04. The number of nitriles is 1. The third-order valence-electron chi connectivity index (χ3n) is 3.27. The minimum Gasteiger partial charge on any atom is -0.384 e. The number of pyridine rings is 1. The van der Waals surface area contributed by atoms with Gasteiger partial charge in [-0.1, -0.05) is 18.2 Å². The second-order valence-corrected chi connectivity index (χ2v) is 4.73. The normalized spacial score (nSPS) is 10.4. The molecule has 0 atom stereocenters. The summed E-state index contributed by atoms with van der Waals surface area (Å²) < 4.78 is 1.91. The van der Waals surface area contributed by atoms with Gasteiger partial charge in [-0.25, -0.2) is 4.98 Å². The Morgan fingerprint density at radius 3 is 2.95 bits per heavy atom. The average Bonchev–Trinajstić information content (AvgIpc) is 3.04. The minimum absolute atomic E-state index is 0.434. The van der Waals surface area contributed by atoms with Crippen LogP contribution in [-0.4, -0.2) is 21.3 Å². The Labute approximate surface area is 122 Å². The van der Waals surface area contributed by atoms with Gasteiger partial charge in [0.05, 0.1) is 5.52 Å². The molecule has 0 aliphatic carbocycles. The first-order chi connectivity index (χ1) is 10.4. The van der Waals surface area contributed by atoms with E-state index in [9.17, 15) is 0 Å². The molecule has 3 aromatic rings. The SMILES string of the molecule is N#Cc1cc(NCCCn2cccn2)c2ccccc2n1. The van der Waals surface area contributed by atoms with E-state index in [-0.39, 0.29) is 0 Å². The molecule has 0 bridgehead atoms. The molecule has 0 radical (unpaired) electrons. The zero-order chi connectivity index (χ0) is 14.5. The summed E-state index contributed by atoms with van der Waals surface area (Å²) in [6.45, 7) is 1.69. The van der Waals surface area contributed by atoms with Crippen LogP contribution in [0.15, 0.2) is 48.8 Å². The quantitative estimate of drug-likeness (QED) is 0.728. The van der Waals surface area contributed by atoms with Gasteiger partial charge >= 0.3 is 0 Å². The molecule has 0 unspecified atom stereocenters. The van der Waals surface area contributed by atoms with Gasteiger partial charge in [-0.2, -0.15) is 10.4 Å². The Morgan fingerprint density at radius 1 is 1.24 bits per heavy atom. The predicted molar refractivity (Wildman–Crippen MR) is 81.8 cm³/mol. The summed E-state index contributed by atoms with van der Waals surface area (Å²) in [5, 5.41) is 17.7. The standard InChI is InChI=1S/C16H15N5/c17-12-13-11-16(14-5-1-2-6-15(14)20-13)18-7-3-9-21-10-4-8-19-21/h1-2,4-6,8,10-11H,3,7,9H2,(H,18,20). The van der Waals surface area contributed by atoms with E-state index < -0.39 is 0 Å². The zero-order valence-corrected chi connectivity index (χ0v) is 11.5. The Balaban J connectivity index is 1.72. The number of hydrogen-bond acceptors (Lipinski definition) is 4. The van der Waals surface area contributed by atoms with E-state index in [1.165, 1.54) is 0 Å². The van der Waals surface area contributed by atoms with Crippen molar-refractivity contribution in [1.29, 1.82) is 5.26 Å². The molecule has 5 nitrogen and oxygen atoms in total. The maximum atomic E-state index is 9.07. The van der Waals surface area contributed by atoms with Crippen LogP contribution < -0.4 is 5.32 Å². The van der Waals surface area contributed by atoms with Gasteiger partial charge in [0.15, 0.2) is 0 Å². The number of aryl methyl sites for hydroxylation is 1. The molecule has 21 heavy (non-hydrogen) atoms. The van der Waals surface area contributed by atoms with E-state index >= 15 is 0 Å². The third kappa shape index (κ3) is 3.00. The number of nitrogens with one attached hydrogen (secondary N) is 1. The van der Waals surface area contributed by atoms with Crippen LogP contribution in [0.1, 0.15) is 12.1 Å². The van der Waals surface area contributed by atoms with E-state index in [1.54, 1.807) is 12.3 Å². The highest BCUT2D eigenvalue weighted by Crippen LogP contribution is 2.22. The van der Waals surface area contributed by atoms with Crippen LogP contribution >= 0.6 is 0 Å². The van der Waals surface area contributed by atoms with E-state index in [0.717, 1.165) is 36.1 Å². The lowest BCUT2D eigenvalue weighted by Crippen LogP contribution is -2.07. The maximum absolute atomic E-state index is 9.07. The zero-order valence-electron chi connectivity index (χ0n) is 11.5. The summed E-state index contributed by atoms with van der Waals surface area (Å²) >= 11 is 0. The molecular weight excluding hydrogens is 262 g/mol. The van der Waals surface area contributed by atoms with Gasteiger partial charge in [-0.05, 0) is 24.6 Å². The molecule has 2 aromatic heterocycles. The molecule has 3 rings (SSSR count). The first-order valence-electron chi connectivity index (χ1n) is 6.88. The topological polar surface area (TPSA) is 66.5 Å². The monoisotopic (exact) mass is 277 g/mol. The van der Waals surface area contributed by atoms with Gasteiger partial charge in [0.2, 0.25) is 0 Å². The Kier molecular flexibility index (Phi) is 3.79. The maximum Gasteiger partial charge on any atom is 0.143 e. The van der Waals surface area contributed by atoms with Crippen LogP contribution in [0.3, 0.4) is 0 Å². The molecular formula is C16H15N5. The van der Waals surface area contributed by atoms with Crippen molar-refractivity contribution >= 4 is 16.6 Å². The van der Waals surface area contributed by atoms with Crippen LogP contribution in [0, 0.1) is 11.3 Å². The molecule has 0 spiro atoms. The summed E-state index contributed by atoms with van der Waals surface area (Å²) in [5.74, 6) is 0. The summed E-state index contributed by atoms with van der Waals surface area (Å²) in [5.41, 5.74) is 2.23. The Bertz CT molecular complexity index is 771. The number of hydrogen-bond donors (Lipinski definition) is 1. The van der Waals surface area contributed by atoms with Gasteiger partial charge < -0.3 is 5.32 Å². The lowest BCUT2D eigenvalue weighted by Gasteiger charge is -2.10. The Hall–Kier alpha value is -2.87. The third-order valence-corrected chi connectivity index (χ3v) is 3.27. The molecule has 0 aliphatic heterocycles. The molecule has 0 aliphatic rings. The molecule has 2 heterocycles. The molecule has 0 saturated carbocycles. The highest BCUT2D eigenvalue weighted by atomic mass is 15.3. The summed E-state index contributed by atoms with van der Waals surface area (Å²) in [4.78, 5) is 4.31. The molecule has 104 valence electrons. The molecule has 1 N–H and O–H groups in total. The number of aromatic nitrogens is 3. The van der Waals surface area contributed by atoms with Crippen molar-refractivity contribution in [2.75, 3.05) is 11.9 Å². The number of anilines is 1. The lowest BCUT2D eigenvalue weighted by atomic mass is 10.1. The van der Waals surface area contributed by atoms with Gasteiger partial charge in [0, 0.05) is 36.6 Å². The largest absolute Gasteiger partial charge is 0.384 e. The van der Waals surface area contributed by atoms with Crippen LogP contribution in [0.2, 0.25) is 0 Å². The van der Waals surface area contributed by atoms with Crippen molar-refractivity contribution in [3.8, 4) is 6.07 Å². The molecule has 0 amide bonds. The summed E-state index contributed by atoms with van der Waals surface area (Å²) in [6, 6.07) is 13.7. The number of fused-ring (bicyclic) bond motifs is 1. The fraction of sp³-hybridized carbons (Fsp3) is 0.188. The predicted octanol–water partition coefficient (Wildman–Crippen LogP) is 2.81. The first kappa shape index (κ1) is 13.1. The van der Waals surface area contributed by atoms with Gasteiger partial charge in [0.1, 0.15) is 11.8 Å². The van der Waals surface area contributed by atoms with Crippen LogP contribution in [0.4, 0.5) is 5.69 Å². The van der Waals surface area contributed by atoms with E-state index in [4.69, 9.17) is 5.26 Å². The van der Waals surface area contributed by atoms with E-state index in [2.05, 4.69) is 21.5 Å². The van der Waals surface area contributed by atoms with Crippen molar-refractivity contribution in [1.82, 2.24) is 14.8 Å². The average molecular weight is 277 g/mol. The second-order valence-electron chi connectivity index (χ2n) is 4.73. The second kappa shape index (κ2) is 6.06. The number of para-hydroxylation sites is 1. The summed E-state index contributed by atoms with van der Waals surface area (Å²) in [6.07, 6.45) is 4.69. The number of rotatable bonds is 5. The van der Waals surface area contributed by atoms with E-state index in [1.807, 2.05) is 41.2 Å². The fourth-order valence-electron chi connectivity index (χ4n) is 2.28. The molecule has 0 fully saturated rings. The summed E-state index contributed by atoms with van der Waals surface area (Å²) in [7, 11) is 0. The van der Waals surface area contributed by atoms with Crippen LogP contribution in [0.5, 0.6) is 0 Å².